The van der Waals surface area contributed by atoms with E-state index >= 15 is 0 Å². The first-order valence-corrected chi connectivity index (χ1v) is 11.6. The minimum Gasteiger partial charge on any atom is -0.392 e. The van der Waals surface area contributed by atoms with Crippen LogP contribution < -0.4 is 0 Å². The summed E-state index contributed by atoms with van der Waals surface area (Å²) in [6.07, 6.45) is -0.772. The molecule has 0 saturated carbocycles. The molecule has 0 heterocycles. The average Bonchev–Trinajstić information content (AvgIpc) is 2.09. The summed E-state index contributed by atoms with van der Waals surface area (Å²) in [5, 5.41) is 0.00857. The molecule has 2 atom stereocenters. The third-order valence-electron chi connectivity index (χ3n) is 3.56. The number of hydrogen-bond donors (Lipinski definition) is 1. The summed E-state index contributed by atoms with van der Waals surface area (Å²) < 4.78 is 28.5. The van der Waals surface area contributed by atoms with Crippen LogP contribution in [0.1, 0.15) is 27.7 Å². The maximum atomic E-state index is 11.9. The van der Waals surface area contributed by atoms with E-state index in [0.29, 0.717) is 11.0 Å². The van der Waals surface area contributed by atoms with Crippen molar-refractivity contribution in [3.8, 4) is 0 Å². The second-order valence-electron chi connectivity index (χ2n) is 7.87. The molecule has 0 aromatic heterocycles. The summed E-state index contributed by atoms with van der Waals surface area (Å²) in [5.74, 6) is 0. The molecule has 21 heavy (non-hydrogen) atoms. The molecule has 0 spiro atoms. The second-order valence-corrected chi connectivity index (χ2v) is 14.0. The fourth-order valence-electron chi connectivity index (χ4n) is 1.26. The standard InChI is InChI=1S/C13H32NO5PSi/c1-12(19-21(8,9)13(2,3)4)18-20(15,16)17-11-10-14(5,6)7/h12H,10-11H2,1-9H3/p+1. The van der Waals surface area contributed by atoms with Crippen molar-refractivity contribution in [2.45, 2.75) is 52.1 Å². The van der Waals surface area contributed by atoms with Gasteiger partial charge in [-0.15, -0.1) is 0 Å². The lowest BCUT2D eigenvalue weighted by molar-refractivity contribution is -0.870. The summed E-state index contributed by atoms with van der Waals surface area (Å²) in [5.41, 5.74) is 0. The van der Waals surface area contributed by atoms with Gasteiger partial charge in [0, 0.05) is 0 Å². The smallest absolute Gasteiger partial charge is 0.392 e. The number of nitrogens with zero attached hydrogens (tertiary/aromatic N) is 1. The van der Waals surface area contributed by atoms with Crippen LogP contribution in [0, 0.1) is 0 Å². The van der Waals surface area contributed by atoms with Crippen LogP contribution in [0.15, 0.2) is 0 Å². The van der Waals surface area contributed by atoms with Crippen LogP contribution in [0.25, 0.3) is 0 Å². The Kier molecular flexibility index (Phi) is 7.30. The molecule has 8 heteroatoms. The van der Waals surface area contributed by atoms with Crippen molar-refractivity contribution in [1.29, 1.82) is 0 Å². The molecule has 0 aromatic rings. The van der Waals surface area contributed by atoms with Gasteiger partial charge in [0.25, 0.3) is 0 Å². The van der Waals surface area contributed by atoms with Crippen LogP contribution in [0.4, 0.5) is 0 Å². The number of quaternary nitrogens is 1. The Balaban J connectivity index is 4.43. The Morgan fingerprint density at radius 2 is 1.71 bits per heavy atom. The Bertz CT molecular complexity index is 376. The van der Waals surface area contributed by atoms with Crippen LogP contribution >= 0.6 is 7.82 Å². The van der Waals surface area contributed by atoms with Crippen LogP contribution in [0.2, 0.25) is 18.1 Å². The Morgan fingerprint density at radius 3 is 2.10 bits per heavy atom. The third kappa shape index (κ3) is 9.08. The van der Waals surface area contributed by atoms with Gasteiger partial charge in [-0.3, -0.25) is 9.05 Å². The molecule has 128 valence electrons. The quantitative estimate of drug-likeness (QED) is 0.318. The highest BCUT2D eigenvalue weighted by molar-refractivity contribution is 7.47. The lowest BCUT2D eigenvalue weighted by atomic mass is 10.2. The maximum Gasteiger partial charge on any atom is 0.474 e. The van der Waals surface area contributed by atoms with Crippen molar-refractivity contribution in [3.63, 3.8) is 0 Å². The minimum atomic E-state index is -4.09. The van der Waals surface area contributed by atoms with E-state index in [2.05, 4.69) is 33.9 Å². The number of rotatable bonds is 8. The van der Waals surface area contributed by atoms with Gasteiger partial charge >= 0.3 is 7.82 Å². The lowest BCUT2D eigenvalue weighted by Crippen LogP contribution is -2.43. The van der Waals surface area contributed by atoms with E-state index < -0.39 is 22.4 Å². The molecule has 0 aliphatic heterocycles. The molecule has 0 saturated heterocycles. The SMILES string of the molecule is CC(O[Si](C)(C)C(C)(C)C)OP(=O)(O)OCC[N+](C)(C)C. The lowest BCUT2D eigenvalue weighted by Gasteiger charge is -2.38. The van der Waals surface area contributed by atoms with Crippen molar-refractivity contribution >= 4 is 16.1 Å². The van der Waals surface area contributed by atoms with Gasteiger partial charge in [-0.1, -0.05) is 20.8 Å². The Morgan fingerprint density at radius 1 is 1.24 bits per heavy atom. The van der Waals surface area contributed by atoms with Crippen LogP contribution in [-0.2, 0) is 18.0 Å². The molecule has 1 N–H and O–H groups in total. The maximum absolute atomic E-state index is 11.9. The Hall–Kier alpha value is 0.247. The van der Waals surface area contributed by atoms with Crippen molar-refractivity contribution in [2.24, 2.45) is 0 Å². The number of phosphoric ester groups is 1. The average molecular weight is 342 g/mol. The predicted molar refractivity (Wildman–Crippen MR) is 87.5 cm³/mol. The van der Waals surface area contributed by atoms with E-state index in [1.807, 2.05) is 21.1 Å². The fourth-order valence-corrected chi connectivity index (χ4v) is 3.37. The summed E-state index contributed by atoms with van der Waals surface area (Å²) in [4.78, 5) is 9.72. The van der Waals surface area contributed by atoms with E-state index in [0.717, 1.165) is 0 Å². The number of hydrogen-bond acceptors (Lipinski definition) is 4. The first-order valence-electron chi connectivity index (χ1n) is 7.20. The highest BCUT2D eigenvalue weighted by Crippen LogP contribution is 2.46. The van der Waals surface area contributed by atoms with Gasteiger partial charge in [0.05, 0.1) is 21.1 Å². The van der Waals surface area contributed by atoms with E-state index in [1.165, 1.54) is 0 Å². The minimum absolute atomic E-state index is 0.00857. The van der Waals surface area contributed by atoms with E-state index in [-0.39, 0.29) is 11.6 Å². The van der Waals surface area contributed by atoms with E-state index in [4.69, 9.17) is 13.5 Å². The van der Waals surface area contributed by atoms with Crippen LogP contribution in [0.5, 0.6) is 0 Å². The fraction of sp³-hybridized carbons (Fsp3) is 1.00. The van der Waals surface area contributed by atoms with Crippen LogP contribution in [-0.4, -0.2) is 58.3 Å². The van der Waals surface area contributed by atoms with Gasteiger partial charge in [0.2, 0.25) is 0 Å². The monoisotopic (exact) mass is 342 g/mol. The molecular weight excluding hydrogens is 309 g/mol. The third-order valence-corrected chi connectivity index (χ3v) is 9.17. The first-order chi connectivity index (χ1) is 9.06. The molecule has 0 rings (SSSR count). The number of likely N-dealkylation sites (N-methyl/N-ethyl adjacent to an activating group) is 1. The van der Waals surface area contributed by atoms with Crippen molar-refractivity contribution < 1.29 is 27.4 Å². The highest BCUT2D eigenvalue weighted by Gasteiger charge is 2.40. The molecule has 0 bridgehead atoms. The molecule has 0 radical (unpaired) electrons. The molecule has 0 aliphatic carbocycles. The van der Waals surface area contributed by atoms with Gasteiger partial charge in [-0.05, 0) is 25.1 Å². The zero-order chi connectivity index (χ0) is 17.1. The highest BCUT2D eigenvalue weighted by atomic mass is 31.2. The van der Waals surface area contributed by atoms with Gasteiger partial charge in [0.1, 0.15) is 13.2 Å². The summed E-state index contributed by atoms with van der Waals surface area (Å²) >= 11 is 0. The Labute approximate surface area is 130 Å². The molecule has 0 amide bonds. The van der Waals surface area contributed by atoms with Gasteiger partial charge < -0.3 is 13.8 Å². The second kappa shape index (κ2) is 7.21. The van der Waals surface area contributed by atoms with Gasteiger partial charge in [-0.2, -0.15) is 0 Å². The summed E-state index contributed by atoms with van der Waals surface area (Å²) in [7, 11) is -0.185. The van der Waals surface area contributed by atoms with Gasteiger partial charge in [-0.25, -0.2) is 4.57 Å². The molecule has 0 aliphatic rings. The normalized spacial score (nSPS) is 18.4. The largest absolute Gasteiger partial charge is 0.474 e. The topological polar surface area (TPSA) is 65.0 Å². The van der Waals surface area contributed by atoms with E-state index in [9.17, 15) is 9.46 Å². The predicted octanol–water partition coefficient (Wildman–Crippen LogP) is 3.19. The van der Waals surface area contributed by atoms with Crippen LogP contribution in [0.3, 0.4) is 0 Å². The molecular formula is C13H33NO5PSi+. The molecule has 0 fully saturated rings. The van der Waals surface area contributed by atoms with Gasteiger partial charge in [0.15, 0.2) is 14.6 Å². The molecule has 0 aromatic carbocycles. The summed E-state index contributed by atoms with van der Waals surface area (Å²) in [6.45, 7) is 12.8. The zero-order valence-electron chi connectivity index (χ0n) is 15.0. The summed E-state index contributed by atoms with van der Waals surface area (Å²) in [6, 6.07) is 0. The molecule has 2 unspecified atom stereocenters. The number of phosphoric acid groups is 1. The first kappa shape index (κ1) is 21.2. The zero-order valence-corrected chi connectivity index (χ0v) is 16.9. The molecule has 6 nitrogen and oxygen atoms in total. The van der Waals surface area contributed by atoms with Crippen molar-refractivity contribution in [3.05, 3.63) is 0 Å². The van der Waals surface area contributed by atoms with E-state index in [1.54, 1.807) is 6.92 Å². The van der Waals surface area contributed by atoms with Crippen molar-refractivity contribution in [2.75, 3.05) is 34.3 Å². The van der Waals surface area contributed by atoms with Crippen molar-refractivity contribution in [1.82, 2.24) is 0 Å².